The number of methoxy groups -OCH3 is 1. The van der Waals surface area contributed by atoms with E-state index in [2.05, 4.69) is 19.4 Å². The number of carbonyl (C=O) groups excluding carboxylic acids is 2. The minimum absolute atomic E-state index is 0.0995. The third kappa shape index (κ3) is 3.98. The molecule has 3 amide bonds. The minimum atomic E-state index is -3.37. The van der Waals surface area contributed by atoms with Crippen LogP contribution in [0, 0.1) is 6.92 Å². The summed E-state index contributed by atoms with van der Waals surface area (Å²) in [4.78, 5) is 29.7. The van der Waals surface area contributed by atoms with Crippen molar-refractivity contribution in [1.29, 1.82) is 0 Å². The van der Waals surface area contributed by atoms with Gasteiger partial charge in [-0.2, -0.15) is 0 Å². The summed E-state index contributed by atoms with van der Waals surface area (Å²) in [5.41, 5.74) is 4.10. The van der Waals surface area contributed by atoms with Gasteiger partial charge >= 0.3 is 6.03 Å². The molecule has 0 saturated carbocycles. The second-order valence-electron chi connectivity index (χ2n) is 7.61. The maximum Gasteiger partial charge on any atom is 0.331 e. The smallest absolute Gasteiger partial charge is 0.331 e. The number of fused-ring (bicyclic) bond motifs is 1. The summed E-state index contributed by atoms with van der Waals surface area (Å²) in [6.07, 6.45) is 1.63. The van der Waals surface area contributed by atoms with Gasteiger partial charge in [0.15, 0.2) is 9.92 Å². The third-order valence-corrected chi connectivity index (χ3v) is 7.85. The molecule has 1 atom stereocenters. The zero-order chi connectivity index (χ0) is 23.0. The molecule has 0 aliphatic carbocycles. The van der Waals surface area contributed by atoms with Crippen LogP contribution in [0.5, 0.6) is 5.88 Å². The number of nitrogens with one attached hydrogen (secondary N) is 2. The molecule has 1 aliphatic heterocycles. The van der Waals surface area contributed by atoms with E-state index in [1.165, 1.54) is 7.11 Å². The number of ether oxygens (including phenoxy) is 1. The number of benzene rings is 1. The van der Waals surface area contributed by atoms with Gasteiger partial charge in [-0.25, -0.2) is 18.7 Å². The first-order valence-corrected chi connectivity index (χ1v) is 12.2. The van der Waals surface area contributed by atoms with Crippen LogP contribution in [0.25, 0.3) is 11.1 Å². The van der Waals surface area contributed by atoms with Crippen LogP contribution in [-0.4, -0.2) is 28.2 Å². The van der Waals surface area contributed by atoms with Crippen molar-refractivity contribution in [3.8, 4) is 17.0 Å². The van der Waals surface area contributed by atoms with Crippen LogP contribution < -0.4 is 14.8 Å². The molecule has 0 radical (unpaired) electrons. The second kappa shape index (κ2) is 8.36. The first-order chi connectivity index (χ1) is 15.2. The molecule has 2 N–H and O–H groups in total. The standard InChI is InChI=1S/C22H22N4O4S2/c1-12(2)15-9-13(3)10-16(14-5-7-23-18(11-14)30-4)19(15)24-22(28)26-32(29)17-6-8-31-20(17)21(27)25-32/h5-12H,1-4H3,(H2,24,25,26,27,28,29). The van der Waals surface area contributed by atoms with Gasteiger partial charge in [-0.1, -0.05) is 25.5 Å². The Balaban J connectivity index is 1.75. The molecule has 4 rings (SSSR count). The van der Waals surface area contributed by atoms with Crippen molar-refractivity contribution >= 4 is 38.9 Å². The van der Waals surface area contributed by atoms with Crippen LogP contribution in [0.4, 0.5) is 10.5 Å². The van der Waals surface area contributed by atoms with Crippen LogP contribution in [0.15, 0.2) is 51.2 Å². The van der Waals surface area contributed by atoms with Gasteiger partial charge in [0.2, 0.25) is 5.88 Å². The molecular weight excluding hydrogens is 448 g/mol. The summed E-state index contributed by atoms with van der Waals surface area (Å²) >= 11 is 1.15. The zero-order valence-electron chi connectivity index (χ0n) is 18.0. The molecule has 0 bridgehead atoms. The predicted octanol–water partition coefficient (Wildman–Crippen LogP) is 4.97. The maximum atomic E-state index is 13.2. The lowest BCUT2D eigenvalue weighted by molar-refractivity contribution is 0.101. The largest absolute Gasteiger partial charge is 0.481 e. The molecule has 2 aromatic heterocycles. The van der Waals surface area contributed by atoms with Crippen LogP contribution in [0.3, 0.4) is 0 Å². The van der Waals surface area contributed by atoms with E-state index >= 15 is 0 Å². The number of rotatable bonds is 5. The molecule has 0 fully saturated rings. The van der Waals surface area contributed by atoms with Crippen LogP contribution in [0.2, 0.25) is 0 Å². The fraction of sp³-hybridized carbons (Fsp3) is 0.227. The SMILES string of the molecule is COc1cc(-c2cc(C)cc(C(C)C)c2NC(=O)NS2(=O)=NC(=O)c3sccc32)ccn1. The first-order valence-electron chi connectivity index (χ1n) is 9.84. The van der Waals surface area contributed by atoms with Crippen molar-refractivity contribution < 1.29 is 18.5 Å². The molecule has 10 heteroatoms. The Morgan fingerprint density at radius 3 is 2.72 bits per heavy atom. The number of hydrogen-bond donors (Lipinski definition) is 2. The highest BCUT2D eigenvalue weighted by Crippen LogP contribution is 2.37. The molecule has 8 nitrogen and oxygen atoms in total. The van der Waals surface area contributed by atoms with E-state index in [0.717, 1.165) is 33.6 Å². The van der Waals surface area contributed by atoms with Gasteiger partial charge in [-0.15, -0.1) is 15.7 Å². The first kappa shape index (κ1) is 22.0. The normalized spacial score (nSPS) is 17.1. The lowest BCUT2D eigenvalue weighted by Gasteiger charge is -2.20. The van der Waals surface area contributed by atoms with Crippen molar-refractivity contribution in [2.75, 3.05) is 12.4 Å². The van der Waals surface area contributed by atoms with Gasteiger partial charge in [-0.3, -0.25) is 4.79 Å². The topological polar surface area (TPSA) is 110 Å². The number of anilines is 1. The molecule has 0 saturated heterocycles. The molecule has 3 aromatic rings. The van der Waals surface area contributed by atoms with Gasteiger partial charge in [0.05, 0.1) is 17.7 Å². The Bertz CT molecular complexity index is 1350. The van der Waals surface area contributed by atoms with Crippen molar-refractivity contribution in [2.24, 2.45) is 4.36 Å². The summed E-state index contributed by atoms with van der Waals surface area (Å²) in [5, 5.41) is 4.51. The lowest BCUT2D eigenvalue weighted by atomic mass is 9.92. The lowest BCUT2D eigenvalue weighted by Crippen LogP contribution is -2.34. The number of thiophene rings is 1. The van der Waals surface area contributed by atoms with Gasteiger partial charge in [0.25, 0.3) is 5.91 Å². The van der Waals surface area contributed by atoms with Gasteiger partial charge < -0.3 is 10.1 Å². The predicted molar refractivity (Wildman–Crippen MR) is 125 cm³/mol. The van der Waals surface area contributed by atoms with E-state index in [0.29, 0.717) is 11.6 Å². The average Bonchev–Trinajstić information content (AvgIpc) is 3.33. The summed E-state index contributed by atoms with van der Waals surface area (Å²) < 4.78 is 24.6. The highest BCUT2D eigenvalue weighted by Gasteiger charge is 2.32. The summed E-state index contributed by atoms with van der Waals surface area (Å²) in [6.45, 7) is 6.03. The van der Waals surface area contributed by atoms with Crippen LogP contribution in [-0.2, 0) is 9.92 Å². The van der Waals surface area contributed by atoms with Crippen LogP contribution in [0.1, 0.15) is 40.6 Å². The molecular formula is C22H22N4O4S2. The number of hydrogen-bond acceptors (Lipinski definition) is 6. The number of aromatic nitrogens is 1. The number of carbonyl (C=O) groups is 2. The molecule has 32 heavy (non-hydrogen) atoms. The fourth-order valence-corrected chi connectivity index (χ4v) is 6.32. The van der Waals surface area contributed by atoms with Crippen molar-refractivity contribution in [3.63, 3.8) is 0 Å². The molecule has 166 valence electrons. The number of urea groups is 1. The van der Waals surface area contributed by atoms with Gasteiger partial charge in [0.1, 0.15) is 4.88 Å². The summed E-state index contributed by atoms with van der Waals surface area (Å²) in [5.74, 6) is -0.0349. The van der Waals surface area contributed by atoms with Crippen molar-refractivity contribution in [1.82, 2.24) is 9.71 Å². The number of nitrogens with zero attached hydrogens (tertiary/aromatic N) is 2. The Morgan fingerprint density at radius 2 is 2.00 bits per heavy atom. The van der Waals surface area contributed by atoms with Crippen molar-refractivity contribution in [3.05, 3.63) is 57.9 Å². The Kier molecular flexibility index (Phi) is 5.74. The third-order valence-electron chi connectivity index (χ3n) is 4.99. The average molecular weight is 471 g/mol. The van der Waals surface area contributed by atoms with Gasteiger partial charge in [-0.05, 0) is 47.5 Å². The number of pyridine rings is 1. The van der Waals surface area contributed by atoms with E-state index in [-0.39, 0.29) is 15.7 Å². The Morgan fingerprint density at radius 1 is 1.22 bits per heavy atom. The maximum absolute atomic E-state index is 13.2. The number of aryl methyl sites for hydroxylation is 1. The van der Waals surface area contributed by atoms with E-state index in [1.807, 2.05) is 39.0 Å². The molecule has 0 spiro atoms. The van der Waals surface area contributed by atoms with Gasteiger partial charge in [0, 0.05) is 17.8 Å². The van der Waals surface area contributed by atoms with E-state index in [9.17, 15) is 13.8 Å². The summed E-state index contributed by atoms with van der Waals surface area (Å²) in [7, 11) is -1.84. The van der Waals surface area contributed by atoms with Crippen molar-refractivity contribution in [2.45, 2.75) is 31.6 Å². The van der Waals surface area contributed by atoms with E-state index < -0.39 is 21.9 Å². The number of amides is 3. The minimum Gasteiger partial charge on any atom is -0.481 e. The van der Waals surface area contributed by atoms with Crippen LogP contribution >= 0.6 is 11.3 Å². The fourth-order valence-electron chi connectivity index (χ4n) is 3.55. The zero-order valence-corrected chi connectivity index (χ0v) is 19.6. The molecule has 3 heterocycles. The Labute approximate surface area is 190 Å². The van der Waals surface area contributed by atoms with E-state index in [4.69, 9.17) is 4.74 Å². The summed E-state index contributed by atoms with van der Waals surface area (Å²) in [6, 6.07) is 8.41. The monoisotopic (exact) mass is 470 g/mol. The quantitative estimate of drug-likeness (QED) is 0.547. The highest BCUT2D eigenvalue weighted by molar-refractivity contribution is 7.93. The van der Waals surface area contributed by atoms with E-state index in [1.54, 1.807) is 23.7 Å². The molecule has 1 unspecified atom stereocenters. The second-order valence-corrected chi connectivity index (χ2v) is 10.4. The highest BCUT2D eigenvalue weighted by atomic mass is 32.2. The molecule has 1 aromatic carbocycles. The Hall–Kier alpha value is -3.24. The molecule has 1 aliphatic rings.